The van der Waals surface area contributed by atoms with E-state index in [1.807, 2.05) is 19.9 Å². The number of hydrogen-bond donors (Lipinski definition) is 2. The first-order valence-corrected chi connectivity index (χ1v) is 5.08. The average Bonchev–Trinajstić information content (AvgIpc) is 2.21. The first kappa shape index (κ1) is 12.2. The smallest absolute Gasteiger partial charge is 0.305 e. The minimum absolute atomic E-state index is 0.0589. The number of amides is 1. The van der Waals surface area contributed by atoms with Gasteiger partial charge in [0, 0.05) is 12.1 Å². The minimum atomic E-state index is -0.916. The maximum atomic E-state index is 11.6. The van der Waals surface area contributed by atoms with Crippen LogP contribution in [0.5, 0.6) is 0 Å². The molecule has 0 aliphatic carbocycles. The van der Waals surface area contributed by atoms with Gasteiger partial charge in [-0.15, -0.1) is 0 Å². The molecular formula is C12H15NO3. The largest absolute Gasteiger partial charge is 0.481 e. The van der Waals surface area contributed by atoms with E-state index in [1.165, 1.54) is 0 Å². The van der Waals surface area contributed by atoms with Crippen LogP contribution < -0.4 is 5.32 Å². The van der Waals surface area contributed by atoms with Crippen LogP contribution in [0.1, 0.15) is 27.9 Å². The number of carbonyl (C=O) groups excluding carboxylic acids is 1. The Morgan fingerprint density at radius 3 is 2.50 bits per heavy atom. The summed E-state index contributed by atoms with van der Waals surface area (Å²) in [5, 5.41) is 11.0. The van der Waals surface area contributed by atoms with Gasteiger partial charge in [-0.25, -0.2) is 0 Å². The molecule has 0 spiro atoms. The van der Waals surface area contributed by atoms with E-state index in [2.05, 4.69) is 5.32 Å². The van der Waals surface area contributed by atoms with Crippen LogP contribution in [-0.4, -0.2) is 23.5 Å². The molecule has 1 aromatic rings. The summed E-state index contributed by atoms with van der Waals surface area (Å²) in [7, 11) is 0. The fourth-order valence-electron chi connectivity index (χ4n) is 1.27. The predicted molar refractivity (Wildman–Crippen MR) is 60.5 cm³/mol. The minimum Gasteiger partial charge on any atom is -0.481 e. The maximum Gasteiger partial charge on any atom is 0.305 e. The normalized spacial score (nSPS) is 9.88. The van der Waals surface area contributed by atoms with Crippen molar-refractivity contribution in [3.8, 4) is 0 Å². The van der Waals surface area contributed by atoms with Crippen molar-refractivity contribution in [2.45, 2.75) is 20.3 Å². The summed E-state index contributed by atoms with van der Waals surface area (Å²) < 4.78 is 0. The number of aryl methyl sites for hydroxylation is 2. The Morgan fingerprint density at radius 1 is 1.25 bits per heavy atom. The van der Waals surface area contributed by atoms with Crippen molar-refractivity contribution in [2.75, 3.05) is 6.54 Å². The lowest BCUT2D eigenvalue weighted by Gasteiger charge is -2.05. The lowest BCUT2D eigenvalue weighted by Crippen LogP contribution is -2.26. The molecule has 1 amide bonds. The number of nitrogens with one attached hydrogen (secondary N) is 1. The quantitative estimate of drug-likeness (QED) is 0.809. The second-order valence-electron chi connectivity index (χ2n) is 3.70. The standard InChI is InChI=1S/C12H15NO3/c1-8-3-4-10(7-9(8)2)12(16)13-6-5-11(14)15/h3-4,7H,5-6H2,1-2H3,(H,13,16)(H,14,15). The molecular weight excluding hydrogens is 206 g/mol. The summed E-state index contributed by atoms with van der Waals surface area (Å²) >= 11 is 0. The Morgan fingerprint density at radius 2 is 1.94 bits per heavy atom. The van der Waals surface area contributed by atoms with Crippen LogP contribution in [0.25, 0.3) is 0 Å². The Bertz CT molecular complexity index is 413. The fourth-order valence-corrected chi connectivity index (χ4v) is 1.27. The molecule has 0 fully saturated rings. The van der Waals surface area contributed by atoms with Crippen molar-refractivity contribution in [1.82, 2.24) is 5.32 Å². The number of rotatable bonds is 4. The molecule has 0 heterocycles. The molecule has 0 aromatic heterocycles. The molecule has 4 heteroatoms. The van der Waals surface area contributed by atoms with Crippen LogP contribution in [0.4, 0.5) is 0 Å². The lowest BCUT2D eigenvalue weighted by atomic mass is 10.1. The van der Waals surface area contributed by atoms with Crippen LogP contribution in [0.3, 0.4) is 0 Å². The molecule has 0 bridgehead atoms. The second kappa shape index (κ2) is 5.30. The van der Waals surface area contributed by atoms with E-state index in [0.717, 1.165) is 11.1 Å². The highest BCUT2D eigenvalue weighted by molar-refractivity contribution is 5.94. The van der Waals surface area contributed by atoms with Crippen molar-refractivity contribution in [3.63, 3.8) is 0 Å². The molecule has 0 atom stereocenters. The van der Waals surface area contributed by atoms with E-state index >= 15 is 0 Å². The summed E-state index contributed by atoms with van der Waals surface area (Å²) in [6, 6.07) is 5.41. The zero-order chi connectivity index (χ0) is 12.1. The van der Waals surface area contributed by atoms with Crippen LogP contribution in [0.2, 0.25) is 0 Å². The zero-order valence-corrected chi connectivity index (χ0v) is 9.41. The fraction of sp³-hybridized carbons (Fsp3) is 0.333. The zero-order valence-electron chi connectivity index (χ0n) is 9.41. The van der Waals surface area contributed by atoms with Crippen molar-refractivity contribution >= 4 is 11.9 Å². The third-order valence-electron chi connectivity index (χ3n) is 2.39. The number of carbonyl (C=O) groups is 2. The van der Waals surface area contributed by atoms with E-state index in [9.17, 15) is 9.59 Å². The molecule has 0 radical (unpaired) electrons. The molecule has 0 aliphatic rings. The highest BCUT2D eigenvalue weighted by atomic mass is 16.4. The van der Waals surface area contributed by atoms with Crippen molar-refractivity contribution in [1.29, 1.82) is 0 Å². The molecule has 0 unspecified atom stereocenters. The summed E-state index contributed by atoms with van der Waals surface area (Å²) in [5.74, 6) is -1.15. The molecule has 1 rings (SSSR count). The van der Waals surface area contributed by atoms with Gasteiger partial charge in [0.15, 0.2) is 0 Å². The average molecular weight is 221 g/mol. The van der Waals surface area contributed by atoms with Gasteiger partial charge in [0.25, 0.3) is 5.91 Å². The summed E-state index contributed by atoms with van der Waals surface area (Å²) in [6.45, 7) is 4.06. The van der Waals surface area contributed by atoms with Crippen LogP contribution in [0.15, 0.2) is 18.2 Å². The molecule has 86 valence electrons. The number of carboxylic acids is 1. The summed E-state index contributed by atoms with van der Waals surface area (Å²) in [4.78, 5) is 21.9. The molecule has 0 aliphatic heterocycles. The van der Waals surface area contributed by atoms with Gasteiger partial charge in [0.2, 0.25) is 0 Å². The van der Waals surface area contributed by atoms with Crippen LogP contribution >= 0.6 is 0 Å². The first-order valence-electron chi connectivity index (χ1n) is 5.08. The molecule has 0 saturated carbocycles. The maximum absolute atomic E-state index is 11.6. The van der Waals surface area contributed by atoms with Gasteiger partial charge in [-0.05, 0) is 37.1 Å². The topological polar surface area (TPSA) is 66.4 Å². The number of aliphatic carboxylic acids is 1. The number of benzene rings is 1. The van der Waals surface area contributed by atoms with Gasteiger partial charge in [-0.2, -0.15) is 0 Å². The molecule has 0 saturated heterocycles. The molecule has 4 nitrogen and oxygen atoms in total. The first-order chi connectivity index (χ1) is 7.50. The lowest BCUT2D eigenvalue weighted by molar-refractivity contribution is -0.136. The SMILES string of the molecule is Cc1ccc(C(=O)NCCC(=O)O)cc1C. The van der Waals surface area contributed by atoms with Crippen LogP contribution in [-0.2, 0) is 4.79 Å². The predicted octanol–water partition coefficient (Wildman–Crippen LogP) is 1.51. The number of carboxylic acid groups (broad SMARTS) is 1. The molecule has 1 aromatic carbocycles. The number of hydrogen-bond acceptors (Lipinski definition) is 2. The second-order valence-corrected chi connectivity index (χ2v) is 3.70. The highest BCUT2D eigenvalue weighted by Crippen LogP contribution is 2.09. The van der Waals surface area contributed by atoms with E-state index in [-0.39, 0.29) is 18.9 Å². The van der Waals surface area contributed by atoms with Gasteiger partial charge in [-0.1, -0.05) is 6.07 Å². The third-order valence-corrected chi connectivity index (χ3v) is 2.39. The van der Waals surface area contributed by atoms with E-state index in [1.54, 1.807) is 12.1 Å². The van der Waals surface area contributed by atoms with Gasteiger partial charge >= 0.3 is 5.97 Å². The van der Waals surface area contributed by atoms with Crippen LogP contribution in [0, 0.1) is 13.8 Å². The van der Waals surface area contributed by atoms with Crippen molar-refractivity contribution in [3.05, 3.63) is 34.9 Å². The van der Waals surface area contributed by atoms with E-state index in [4.69, 9.17) is 5.11 Å². The molecule has 2 N–H and O–H groups in total. The Hall–Kier alpha value is -1.84. The Balaban J connectivity index is 2.59. The Labute approximate surface area is 94.3 Å². The molecule has 16 heavy (non-hydrogen) atoms. The highest BCUT2D eigenvalue weighted by Gasteiger charge is 2.06. The van der Waals surface area contributed by atoms with Gasteiger partial charge in [0.05, 0.1) is 6.42 Å². The van der Waals surface area contributed by atoms with Gasteiger partial charge in [-0.3, -0.25) is 9.59 Å². The summed E-state index contributed by atoms with van der Waals surface area (Å²) in [6.07, 6.45) is -0.0589. The van der Waals surface area contributed by atoms with Crippen molar-refractivity contribution in [2.24, 2.45) is 0 Å². The summed E-state index contributed by atoms with van der Waals surface area (Å²) in [5.41, 5.74) is 2.74. The third kappa shape index (κ3) is 3.38. The monoisotopic (exact) mass is 221 g/mol. The van der Waals surface area contributed by atoms with E-state index < -0.39 is 5.97 Å². The van der Waals surface area contributed by atoms with Crippen molar-refractivity contribution < 1.29 is 14.7 Å². The van der Waals surface area contributed by atoms with Gasteiger partial charge in [0.1, 0.15) is 0 Å². The Kier molecular flexibility index (Phi) is 4.05. The van der Waals surface area contributed by atoms with E-state index in [0.29, 0.717) is 5.56 Å². The van der Waals surface area contributed by atoms with Gasteiger partial charge < -0.3 is 10.4 Å².